The van der Waals surface area contributed by atoms with Crippen LogP contribution in [0, 0.1) is 0 Å². The fourth-order valence-electron chi connectivity index (χ4n) is 4.68. The first kappa shape index (κ1) is 8.69. The van der Waals surface area contributed by atoms with Crippen LogP contribution in [0.2, 0.25) is 0 Å². The van der Waals surface area contributed by atoms with Crippen LogP contribution in [0.3, 0.4) is 0 Å². The van der Waals surface area contributed by atoms with Crippen molar-refractivity contribution in [1.29, 1.82) is 0 Å². The molecule has 0 atom stereocenters. The van der Waals surface area contributed by atoms with Gasteiger partial charge >= 0.3 is 0 Å². The molecule has 6 aromatic carbocycles. The lowest BCUT2D eigenvalue weighted by molar-refractivity contribution is 0.615. The first-order valence-corrected chi connectivity index (χ1v) is 10.6. The van der Waals surface area contributed by atoms with Crippen LogP contribution in [0.25, 0.3) is 76.7 Å². The molecule has 8 rings (SSSR count). The Balaban J connectivity index is 1.80. The minimum atomic E-state index is -0.827. The zero-order valence-corrected chi connectivity index (χ0v) is 17.9. The van der Waals surface area contributed by atoms with Gasteiger partial charge in [0, 0.05) is 27.3 Å². The van der Waals surface area contributed by atoms with Gasteiger partial charge in [-0.2, -0.15) is 0 Å². The average Bonchev–Trinajstić information content (AvgIpc) is 3.69. The Kier molecular flexibility index (Phi) is 1.77. The first-order chi connectivity index (χ1) is 25.8. The second kappa shape index (κ2) is 7.34. The summed E-state index contributed by atoms with van der Waals surface area (Å²) in [5.74, 6) is 0. The van der Waals surface area contributed by atoms with E-state index >= 15 is 0 Å². The summed E-state index contributed by atoms with van der Waals surface area (Å²) in [5.41, 5.74) is -2.63. The summed E-state index contributed by atoms with van der Waals surface area (Å²) in [7, 11) is 0. The smallest absolute Gasteiger partial charge is 0.144 e. The molecule has 0 spiro atoms. The molecule has 0 bridgehead atoms. The lowest BCUT2D eigenvalue weighted by Crippen LogP contribution is -1.91. The van der Waals surface area contributed by atoms with Crippen LogP contribution in [-0.2, 0) is 0 Å². The molecular formula is C34H20O2. The maximum atomic E-state index is 9.23. The third kappa shape index (κ3) is 2.61. The van der Waals surface area contributed by atoms with Crippen LogP contribution >= 0.6 is 0 Å². The topological polar surface area (TPSA) is 26.3 Å². The van der Waals surface area contributed by atoms with E-state index in [4.69, 9.17) is 32.1 Å². The third-order valence-electron chi connectivity index (χ3n) is 6.08. The minimum absolute atomic E-state index is 0.110. The minimum Gasteiger partial charge on any atom is -0.464 e. The summed E-state index contributed by atoms with van der Waals surface area (Å²) in [4.78, 5) is 0. The predicted molar refractivity (Wildman–Crippen MR) is 149 cm³/mol. The van der Waals surface area contributed by atoms with Gasteiger partial charge in [-0.3, -0.25) is 0 Å². The van der Waals surface area contributed by atoms with Crippen LogP contribution in [0.1, 0.15) is 26.0 Å². The van der Waals surface area contributed by atoms with Gasteiger partial charge in [0.05, 0.1) is 30.9 Å². The number of rotatable bonds is 2. The molecule has 0 aliphatic rings. The lowest BCUT2D eigenvalue weighted by atomic mass is 9.85. The number of hydrogen-bond acceptors (Lipinski definition) is 2. The molecule has 0 saturated carbocycles. The third-order valence-corrected chi connectivity index (χ3v) is 6.08. The molecular weight excluding hydrogens is 440 g/mol. The van der Waals surface area contributed by atoms with Crippen molar-refractivity contribution in [2.45, 2.75) is 0 Å². The van der Waals surface area contributed by atoms with Gasteiger partial charge in [0.25, 0.3) is 0 Å². The highest BCUT2D eigenvalue weighted by molar-refractivity contribution is 6.27. The van der Waals surface area contributed by atoms with Gasteiger partial charge in [-0.25, -0.2) is 0 Å². The van der Waals surface area contributed by atoms with E-state index in [1.54, 1.807) is 0 Å². The van der Waals surface area contributed by atoms with Crippen LogP contribution < -0.4 is 0 Å². The van der Waals surface area contributed by atoms with Crippen LogP contribution in [0.15, 0.2) is 130 Å². The number of benzene rings is 6. The Morgan fingerprint density at radius 3 is 1.75 bits per heavy atom. The predicted octanol–water partition coefficient (Wildman–Crippen LogP) is 9.97. The lowest BCUT2D eigenvalue weighted by Gasteiger charge is -2.18. The van der Waals surface area contributed by atoms with Crippen molar-refractivity contribution >= 4 is 54.5 Å². The van der Waals surface area contributed by atoms with Gasteiger partial charge in [-0.15, -0.1) is 0 Å². The molecule has 2 aromatic heterocycles. The van der Waals surface area contributed by atoms with Gasteiger partial charge in [-0.05, 0) is 50.8 Å². The zero-order chi connectivity index (χ0) is 40.2. The molecule has 0 amide bonds. The van der Waals surface area contributed by atoms with Crippen molar-refractivity contribution in [3.63, 3.8) is 0 Å². The summed E-state index contributed by atoms with van der Waals surface area (Å²) in [6.45, 7) is 0. The van der Waals surface area contributed by atoms with E-state index in [9.17, 15) is 2.74 Å². The van der Waals surface area contributed by atoms with Crippen LogP contribution in [0.5, 0.6) is 0 Å². The highest BCUT2D eigenvalue weighted by atomic mass is 16.3. The zero-order valence-electron chi connectivity index (χ0n) is 36.9. The van der Waals surface area contributed by atoms with E-state index in [1.807, 2.05) is 0 Å². The van der Waals surface area contributed by atoms with Gasteiger partial charge < -0.3 is 8.83 Å². The summed E-state index contributed by atoms with van der Waals surface area (Å²) in [6.07, 6.45) is -0.654. The molecule has 8 aromatic rings. The fraction of sp³-hybridized carbons (Fsp3) is 0. The van der Waals surface area contributed by atoms with E-state index in [0.29, 0.717) is 0 Å². The molecule has 0 aliphatic heterocycles. The quantitative estimate of drug-likeness (QED) is 0.231. The number of fused-ring (bicyclic) bond motifs is 7. The number of para-hydroxylation sites is 1. The second-order valence-corrected chi connectivity index (χ2v) is 7.89. The Morgan fingerprint density at radius 1 is 0.500 bits per heavy atom. The number of hydrogen-bond donors (Lipinski definition) is 0. The van der Waals surface area contributed by atoms with E-state index in [0.717, 1.165) is 0 Å². The Morgan fingerprint density at radius 2 is 1.06 bits per heavy atom. The van der Waals surface area contributed by atoms with Crippen molar-refractivity contribution in [2.75, 3.05) is 0 Å². The van der Waals surface area contributed by atoms with E-state index in [-0.39, 0.29) is 38.5 Å². The van der Waals surface area contributed by atoms with Crippen molar-refractivity contribution in [3.8, 4) is 22.3 Å². The summed E-state index contributed by atoms with van der Waals surface area (Å²) in [6, 6.07) is -12.3. The molecule has 0 unspecified atom stereocenters. The highest BCUT2D eigenvalue weighted by Crippen LogP contribution is 2.48. The second-order valence-electron chi connectivity index (χ2n) is 7.89. The molecule has 0 fully saturated rings. The van der Waals surface area contributed by atoms with E-state index in [2.05, 4.69) is 0 Å². The highest BCUT2D eigenvalue weighted by Gasteiger charge is 2.22. The molecule has 0 aliphatic carbocycles. The van der Waals surface area contributed by atoms with E-state index in [1.165, 1.54) is 6.07 Å². The van der Waals surface area contributed by atoms with Gasteiger partial charge in [0.1, 0.15) is 18.1 Å². The monoisotopic (exact) mass is 479 g/mol. The normalized spacial score (nSPS) is 19.3. The first-order valence-electron chi connectivity index (χ1n) is 20.1. The number of furan rings is 2. The molecule has 2 heteroatoms. The fourth-order valence-corrected chi connectivity index (χ4v) is 4.68. The van der Waals surface area contributed by atoms with Gasteiger partial charge in [0.15, 0.2) is 0 Å². The van der Waals surface area contributed by atoms with Crippen molar-refractivity contribution in [2.24, 2.45) is 0 Å². The van der Waals surface area contributed by atoms with Crippen molar-refractivity contribution in [1.82, 2.24) is 0 Å². The van der Waals surface area contributed by atoms with Gasteiger partial charge in [0.2, 0.25) is 0 Å². The van der Waals surface area contributed by atoms with Crippen molar-refractivity contribution < 1.29 is 34.9 Å². The molecule has 2 nitrogen and oxygen atoms in total. The van der Waals surface area contributed by atoms with Crippen LogP contribution in [-0.4, -0.2) is 0 Å². The molecule has 0 saturated heterocycles. The SMILES string of the molecule is [2H]c1oc2cc(-c3c4c([2H])c([2H])c([2H])c([2H])c4c(-c4c([2H])c([2H])c([2H])c([2H])c4[2H])c4c([2H])c([2H])c([2H])c([2H])c34)c3oc4c([2H])c([2H])c([2H])c([2H])c4c3c2c1[2H]. The van der Waals surface area contributed by atoms with Gasteiger partial charge in [-0.1, -0.05) is 96.7 Å². The van der Waals surface area contributed by atoms with Crippen LogP contribution in [0.4, 0.5) is 0 Å². The maximum Gasteiger partial charge on any atom is 0.144 e. The summed E-state index contributed by atoms with van der Waals surface area (Å²) < 4.78 is 177. The molecule has 0 radical (unpaired) electrons. The largest absolute Gasteiger partial charge is 0.464 e. The Labute approximate surface area is 233 Å². The summed E-state index contributed by atoms with van der Waals surface area (Å²) in [5, 5.41) is -2.38. The standard InChI is InChI=1S/C34H20O2/c1-2-10-21(11-3-1)31-22-12-4-6-14-24(22)32(25-15-7-5-13-23(25)31)28-20-30-27(18-19-35-30)33-26-16-8-9-17-29(26)36-34(28)33/h1-20H/i1D,2D,3D,4D,5D,6D,7D,8D,9D,10D,11D,12D,13D,14D,15D,16D,17D,18D,19D. The Hall–Kier alpha value is -4.82. The Bertz CT molecular complexity index is 3030. The molecule has 2 heterocycles. The molecule has 0 N–H and O–H groups in total. The maximum absolute atomic E-state index is 9.23. The van der Waals surface area contributed by atoms with Crippen molar-refractivity contribution in [3.05, 3.63) is 121 Å². The summed E-state index contributed by atoms with van der Waals surface area (Å²) >= 11 is 0. The molecule has 36 heavy (non-hydrogen) atoms. The van der Waals surface area contributed by atoms with E-state index < -0.39 is 153 Å². The molecule has 168 valence electrons. The average molecular weight is 480 g/mol.